The second-order valence-electron chi connectivity index (χ2n) is 5.46. The quantitative estimate of drug-likeness (QED) is 0.454. The maximum Gasteiger partial charge on any atom is 0.294 e. The number of nitrogens with one attached hydrogen (secondary N) is 1. The fourth-order valence-corrected chi connectivity index (χ4v) is 2.13. The summed E-state index contributed by atoms with van der Waals surface area (Å²) in [6.45, 7) is 4.89. The molecule has 1 aromatic carbocycles. The molecule has 1 amide bonds. The minimum atomic E-state index is -0.511. The molecule has 0 aliphatic heterocycles. The van der Waals surface area contributed by atoms with Gasteiger partial charge < -0.3 is 14.6 Å². The van der Waals surface area contributed by atoms with Crippen LogP contribution in [0.2, 0.25) is 0 Å². The molecule has 0 bridgehead atoms. The molecule has 24 heavy (non-hydrogen) atoms. The van der Waals surface area contributed by atoms with Gasteiger partial charge in [0.2, 0.25) is 0 Å². The highest BCUT2D eigenvalue weighted by Gasteiger charge is 2.18. The first-order valence-electron chi connectivity index (χ1n) is 7.65. The van der Waals surface area contributed by atoms with E-state index in [1.165, 1.54) is 29.2 Å². The van der Waals surface area contributed by atoms with Crippen LogP contribution in [0.5, 0.6) is 0 Å². The van der Waals surface area contributed by atoms with Crippen LogP contribution in [0.1, 0.15) is 30.6 Å². The van der Waals surface area contributed by atoms with Gasteiger partial charge in [-0.25, -0.2) is 4.98 Å². The molecule has 0 aliphatic rings. The topological polar surface area (TPSA) is 99.3 Å². The van der Waals surface area contributed by atoms with Crippen LogP contribution in [0, 0.1) is 10.1 Å². The van der Waals surface area contributed by atoms with Crippen molar-refractivity contribution in [2.45, 2.75) is 26.4 Å². The lowest BCUT2D eigenvalue weighted by atomic mass is 10.1. The minimum absolute atomic E-state index is 0.149. The lowest BCUT2D eigenvalue weighted by molar-refractivity contribution is -0.384. The summed E-state index contributed by atoms with van der Waals surface area (Å²) in [6.07, 6.45) is 5.44. The molecule has 8 heteroatoms. The highest BCUT2D eigenvalue weighted by molar-refractivity contribution is 5.95. The van der Waals surface area contributed by atoms with Crippen LogP contribution in [-0.2, 0) is 4.74 Å². The van der Waals surface area contributed by atoms with Crippen LogP contribution >= 0.6 is 0 Å². The van der Waals surface area contributed by atoms with E-state index in [4.69, 9.17) is 4.74 Å². The number of nitro benzene ring substituents is 1. The molecule has 0 fully saturated rings. The molecule has 1 heterocycles. The first-order valence-corrected chi connectivity index (χ1v) is 7.65. The van der Waals surface area contributed by atoms with Crippen molar-refractivity contribution < 1.29 is 14.5 Å². The molecule has 128 valence electrons. The third-order valence-electron chi connectivity index (χ3n) is 3.27. The molecular formula is C16H20N4O4. The van der Waals surface area contributed by atoms with E-state index < -0.39 is 4.92 Å². The van der Waals surface area contributed by atoms with Crippen molar-refractivity contribution >= 4 is 11.6 Å². The second kappa shape index (κ2) is 8.21. The molecule has 1 N–H and O–H groups in total. The van der Waals surface area contributed by atoms with Gasteiger partial charge in [0.15, 0.2) is 0 Å². The summed E-state index contributed by atoms with van der Waals surface area (Å²) < 4.78 is 6.92. The van der Waals surface area contributed by atoms with Gasteiger partial charge in [-0.15, -0.1) is 0 Å². The Labute approximate surface area is 139 Å². The van der Waals surface area contributed by atoms with E-state index >= 15 is 0 Å². The van der Waals surface area contributed by atoms with Gasteiger partial charge in [0.1, 0.15) is 5.69 Å². The highest BCUT2D eigenvalue weighted by atomic mass is 16.6. The maximum atomic E-state index is 12.1. The van der Waals surface area contributed by atoms with Crippen molar-refractivity contribution in [3.8, 4) is 5.69 Å². The number of carbonyl (C=O) groups is 1. The van der Waals surface area contributed by atoms with E-state index in [9.17, 15) is 14.9 Å². The molecule has 1 aromatic heterocycles. The fraction of sp³-hybridized carbons (Fsp3) is 0.375. The summed E-state index contributed by atoms with van der Waals surface area (Å²) in [4.78, 5) is 26.8. The van der Waals surface area contributed by atoms with Gasteiger partial charge in [-0.3, -0.25) is 14.9 Å². The largest absolute Gasteiger partial charge is 0.379 e. The minimum Gasteiger partial charge on any atom is -0.379 e. The van der Waals surface area contributed by atoms with Crippen molar-refractivity contribution in [1.82, 2.24) is 14.9 Å². The Morgan fingerprint density at radius 1 is 1.46 bits per heavy atom. The Hall–Kier alpha value is -2.74. The summed E-state index contributed by atoms with van der Waals surface area (Å²) >= 11 is 0. The van der Waals surface area contributed by atoms with Gasteiger partial charge in [0, 0.05) is 37.2 Å². The van der Waals surface area contributed by atoms with Crippen LogP contribution in [0.15, 0.2) is 36.9 Å². The smallest absolute Gasteiger partial charge is 0.294 e. The Morgan fingerprint density at radius 2 is 2.25 bits per heavy atom. The van der Waals surface area contributed by atoms with E-state index in [1.807, 2.05) is 13.8 Å². The number of imidazole rings is 1. The number of rotatable bonds is 8. The number of benzene rings is 1. The summed E-state index contributed by atoms with van der Waals surface area (Å²) in [7, 11) is 0. The molecule has 0 saturated heterocycles. The third kappa shape index (κ3) is 4.63. The van der Waals surface area contributed by atoms with Crippen LogP contribution in [0.3, 0.4) is 0 Å². The van der Waals surface area contributed by atoms with Crippen molar-refractivity contribution in [1.29, 1.82) is 0 Å². The SMILES string of the molecule is CC(C)OCCCNC(=O)c1ccc(-n2ccnc2)c([N+](=O)[O-])c1. The zero-order chi connectivity index (χ0) is 17.5. The number of nitro groups is 1. The number of hydrogen-bond acceptors (Lipinski definition) is 5. The van der Waals surface area contributed by atoms with Crippen LogP contribution in [0.25, 0.3) is 5.69 Å². The maximum absolute atomic E-state index is 12.1. The Bertz CT molecular complexity index is 698. The number of carbonyl (C=O) groups excluding carboxylic acids is 1. The van der Waals surface area contributed by atoms with Crippen molar-refractivity contribution in [3.63, 3.8) is 0 Å². The molecule has 0 atom stereocenters. The van der Waals surface area contributed by atoms with Crippen LogP contribution in [0.4, 0.5) is 5.69 Å². The van der Waals surface area contributed by atoms with Gasteiger partial charge in [-0.2, -0.15) is 0 Å². The zero-order valence-corrected chi connectivity index (χ0v) is 13.6. The van der Waals surface area contributed by atoms with Gasteiger partial charge in [0.05, 0.1) is 17.4 Å². The molecule has 2 rings (SSSR count). The van der Waals surface area contributed by atoms with E-state index in [0.29, 0.717) is 25.3 Å². The second-order valence-corrected chi connectivity index (χ2v) is 5.46. The number of nitrogens with zero attached hydrogens (tertiary/aromatic N) is 3. The lowest BCUT2D eigenvalue weighted by Crippen LogP contribution is -2.25. The predicted molar refractivity (Wildman–Crippen MR) is 88.3 cm³/mol. The normalized spacial score (nSPS) is 10.8. The molecule has 0 saturated carbocycles. The Morgan fingerprint density at radius 3 is 2.88 bits per heavy atom. The fourth-order valence-electron chi connectivity index (χ4n) is 2.13. The van der Waals surface area contributed by atoms with Gasteiger partial charge in [-0.05, 0) is 32.4 Å². The predicted octanol–water partition coefficient (Wildman–Crippen LogP) is 2.33. The summed E-state index contributed by atoms with van der Waals surface area (Å²) in [6, 6.07) is 4.37. The van der Waals surface area contributed by atoms with Crippen molar-refractivity contribution in [2.75, 3.05) is 13.2 Å². The molecule has 0 spiro atoms. The lowest BCUT2D eigenvalue weighted by Gasteiger charge is -2.09. The zero-order valence-electron chi connectivity index (χ0n) is 13.6. The van der Waals surface area contributed by atoms with Gasteiger partial charge in [0.25, 0.3) is 11.6 Å². The summed E-state index contributed by atoms with van der Waals surface area (Å²) in [5.74, 6) is -0.347. The van der Waals surface area contributed by atoms with Crippen LogP contribution in [-0.4, -0.2) is 39.6 Å². The average molecular weight is 332 g/mol. The Balaban J connectivity index is 2.04. The van der Waals surface area contributed by atoms with Crippen molar-refractivity contribution in [3.05, 3.63) is 52.6 Å². The number of aromatic nitrogens is 2. The van der Waals surface area contributed by atoms with Gasteiger partial charge >= 0.3 is 0 Å². The van der Waals surface area contributed by atoms with E-state index in [-0.39, 0.29) is 23.3 Å². The molecular weight excluding hydrogens is 312 g/mol. The average Bonchev–Trinajstić information content (AvgIpc) is 3.07. The number of amides is 1. The monoisotopic (exact) mass is 332 g/mol. The summed E-state index contributed by atoms with van der Waals surface area (Å²) in [5, 5.41) is 14.0. The van der Waals surface area contributed by atoms with Crippen molar-refractivity contribution in [2.24, 2.45) is 0 Å². The standard InChI is InChI=1S/C16H20N4O4/c1-12(2)24-9-3-6-18-16(21)13-4-5-14(15(10-13)20(22)23)19-8-7-17-11-19/h4-5,7-8,10-12H,3,6,9H2,1-2H3,(H,18,21). The van der Waals surface area contributed by atoms with E-state index in [1.54, 1.807) is 12.3 Å². The van der Waals surface area contributed by atoms with E-state index in [0.717, 1.165) is 0 Å². The highest BCUT2D eigenvalue weighted by Crippen LogP contribution is 2.24. The summed E-state index contributed by atoms with van der Waals surface area (Å²) in [5.41, 5.74) is 0.457. The molecule has 8 nitrogen and oxygen atoms in total. The first kappa shape index (κ1) is 17.6. The number of ether oxygens (including phenoxy) is 1. The molecule has 0 aliphatic carbocycles. The van der Waals surface area contributed by atoms with Crippen LogP contribution < -0.4 is 5.32 Å². The van der Waals surface area contributed by atoms with Gasteiger partial charge in [-0.1, -0.05) is 0 Å². The number of hydrogen-bond donors (Lipinski definition) is 1. The van der Waals surface area contributed by atoms with E-state index in [2.05, 4.69) is 10.3 Å². The molecule has 2 aromatic rings. The molecule has 0 unspecified atom stereocenters. The Kier molecular flexibility index (Phi) is 6.02. The molecule has 0 radical (unpaired) electrons. The first-order chi connectivity index (χ1) is 11.5. The third-order valence-corrected chi connectivity index (χ3v) is 3.27.